The molecule has 0 radical (unpaired) electrons. The molecule has 0 heterocycles. The first kappa shape index (κ1) is 13.5. The number of benzene rings is 1. The van der Waals surface area contributed by atoms with E-state index in [0.29, 0.717) is 18.7 Å². The topological polar surface area (TPSA) is 38.3 Å². The fraction of sp³-hybridized carbons (Fsp3) is 0.357. The van der Waals surface area contributed by atoms with Crippen molar-refractivity contribution in [3.63, 3.8) is 0 Å². The summed E-state index contributed by atoms with van der Waals surface area (Å²) in [4.78, 5) is 11.7. The first-order valence-corrected chi connectivity index (χ1v) is 5.74. The molecule has 17 heavy (non-hydrogen) atoms. The molecule has 0 aliphatic carbocycles. The fourth-order valence-electron chi connectivity index (χ4n) is 1.42. The first-order valence-electron chi connectivity index (χ1n) is 5.74. The molecule has 1 N–H and O–H groups in total. The second-order valence-electron chi connectivity index (χ2n) is 3.84. The Hall–Kier alpha value is -1.61. The second-order valence-corrected chi connectivity index (χ2v) is 3.84. The molecule has 92 valence electrons. The molecule has 0 fully saturated rings. The predicted octanol–water partition coefficient (Wildman–Crippen LogP) is 2.24. The number of carbonyl (C=O) groups is 1. The van der Waals surface area contributed by atoms with E-state index >= 15 is 0 Å². The molecule has 1 aromatic carbocycles. The molecule has 0 aromatic heterocycles. The van der Waals surface area contributed by atoms with Crippen molar-refractivity contribution in [1.29, 1.82) is 0 Å². The Bertz CT molecular complexity index is 371. The summed E-state index contributed by atoms with van der Waals surface area (Å²) >= 11 is 0. The van der Waals surface area contributed by atoms with Gasteiger partial charge in [0.25, 0.3) is 0 Å². The zero-order valence-electron chi connectivity index (χ0n) is 10.4. The van der Waals surface area contributed by atoms with Crippen molar-refractivity contribution in [1.82, 2.24) is 5.32 Å². The van der Waals surface area contributed by atoms with E-state index in [4.69, 9.17) is 4.74 Å². The molecule has 0 saturated heterocycles. The van der Waals surface area contributed by atoms with Gasteiger partial charge in [0, 0.05) is 25.8 Å². The highest BCUT2D eigenvalue weighted by Crippen LogP contribution is 2.05. The van der Waals surface area contributed by atoms with Crippen molar-refractivity contribution in [3.8, 4) is 0 Å². The summed E-state index contributed by atoms with van der Waals surface area (Å²) in [5, 5.41) is 2.85. The summed E-state index contributed by atoms with van der Waals surface area (Å²) in [5.41, 5.74) is 1.76. The van der Waals surface area contributed by atoms with Crippen LogP contribution in [0.25, 0.3) is 6.08 Å². The van der Waals surface area contributed by atoms with Crippen LogP contribution in [-0.2, 0) is 9.53 Å². The van der Waals surface area contributed by atoms with Crippen LogP contribution >= 0.6 is 0 Å². The molecule has 3 heteroatoms. The highest BCUT2D eigenvalue weighted by molar-refractivity contribution is 5.97. The Kier molecular flexibility index (Phi) is 6.04. The first-order chi connectivity index (χ1) is 8.24. The highest BCUT2D eigenvalue weighted by atomic mass is 16.5. The minimum atomic E-state index is -0.0232. The van der Waals surface area contributed by atoms with Gasteiger partial charge in [0.05, 0.1) is 0 Å². The molecule has 1 aromatic rings. The number of hydrogen-bond donors (Lipinski definition) is 1. The van der Waals surface area contributed by atoms with E-state index in [1.54, 1.807) is 7.11 Å². The lowest BCUT2D eigenvalue weighted by Crippen LogP contribution is -2.25. The van der Waals surface area contributed by atoms with E-state index < -0.39 is 0 Å². The van der Waals surface area contributed by atoms with Crippen LogP contribution in [0.3, 0.4) is 0 Å². The van der Waals surface area contributed by atoms with Crippen LogP contribution < -0.4 is 5.32 Å². The van der Waals surface area contributed by atoms with Crippen LogP contribution in [0.15, 0.2) is 35.9 Å². The highest BCUT2D eigenvalue weighted by Gasteiger charge is 2.02. The maximum atomic E-state index is 11.7. The van der Waals surface area contributed by atoms with Crippen LogP contribution in [0.4, 0.5) is 0 Å². The molecule has 0 saturated carbocycles. The number of amides is 1. The summed E-state index contributed by atoms with van der Waals surface area (Å²) in [6, 6.07) is 9.81. The lowest BCUT2D eigenvalue weighted by atomic mass is 10.1. The van der Waals surface area contributed by atoms with Crippen molar-refractivity contribution in [2.24, 2.45) is 0 Å². The fourth-order valence-corrected chi connectivity index (χ4v) is 1.42. The number of hydrogen-bond acceptors (Lipinski definition) is 2. The lowest BCUT2D eigenvalue weighted by molar-refractivity contribution is -0.117. The number of nitrogens with one attached hydrogen (secondary N) is 1. The van der Waals surface area contributed by atoms with E-state index in [0.717, 1.165) is 12.0 Å². The number of rotatable bonds is 6. The Morgan fingerprint density at radius 3 is 2.71 bits per heavy atom. The summed E-state index contributed by atoms with van der Waals surface area (Å²) < 4.78 is 4.91. The Balaban J connectivity index is 2.44. The van der Waals surface area contributed by atoms with E-state index in [1.807, 2.05) is 43.3 Å². The average Bonchev–Trinajstić information content (AvgIpc) is 2.35. The van der Waals surface area contributed by atoms with Gasteiger partial charge in [0.1, 0.15) is 0 Å². The molecule has 0 aliphatic rings. The number of methoxy groups -OCH3 is 1. The lowest BCUT2D eigenvalue weighted by Gasteiger charge is -2.05. The molecule has 3 nitrogen and oxygen atoms in total. The van der Waals surface area contributed by atoms with Crippen molar-refractivity contribution >= 4 is 12.0 Å². The van der Waals surface area contributed by atoms with Gasteiger partial charge in [-0.3, -0.25) is 4.79 Å². The zero-order chi connectivity index (χ0) is 12.5. The molecule has 0 spiro atoms. The molecular weight excluding hydrogens is 214 g/mol. The van der Waals surface area contributed by atoms with Gasteiger partial charge in [0.2, 0.25) is 5.91 Å². The Morgan fingerprint density at radius 1 is 1.35 bits per heavy atom. The van der Waals surface area contributed by atoms with Crippen LogP contribution in [0, 0.1) is 0 Å². The van der Waals surface area contributed by atoms with Gasteiger partial charge in [-0.05, 0) is 25.0 Å². The van der Waals surface area contributed by atoms with E-state index in [9.17, 15) is 4.79 Å². The van der Waals surface area contributed by atoms with Gasteiger partial charge in [0.15, 0.2) is 0 Å². The molecule has 1 amide bonds. The quantitative estimate of drug-likeness (QED) is 0.604. The molecule has 0 bridgehead atoms. The van der Waals surface area contributed by atoms with Gasteiger partial charge in [-0.25, -0.2) is 0 Å². The van der Waals surface area contributed by atoms with Crippen molar-refractivity contribution in [2.75, 3.05) is 20.3 Å². The molecule has 0 atom stereocenters. The summed E-state index contributed by atoms with van der Waals surface area (Å²) in [6.07, 6.45) is 2.71. The van der Waals surface area contributed by atoms with Crippen LogP contribution in [0.2, 0.25) is 0 Å². The summed E-state index contributed by atoms with van der Waals surface area (Å²) in [5.74, 6) is -0.0232. The van der Waals surface area contributed by atoms with Crippen molar-refractivity contribution in [3.05, 3.63) is 41.5 Å². The second kappa shape index (κ2) is 7.63. The maximum absolute atomic E-state index is 11.7. The van der Waals surface area contributed by atoms with Crippen LogP contribution in [0.5, 0.6) is 0 Å². The third-order valence-electron chi connectivity index (χ3n) is 2.35. The average molecular weight is 233 g/mol. The largest absolute Gasteiger partial charge is 0.385 e. The third-order valence-corrected chi connectivity index (χ3v) is 2.35. The monoisotopic (exact) mass is 233 g/mol. The van der Waals surface area contributed by atoms with Crippen molar-refractivity contribution in [2.45, 2.75) is 13.3 Å². The van der Waals surface area contributed by atoms with E-state index in [1.165, 1.54) is 0 Å². The predicted molar refractivity (Wildman–Crippen MR) is 69.6 cm³/mol. The third kappa shape index (κ3) is 5.31. The summed E-state index contributed by atoms with van der Waals surface area (Å²) in [7, 11) is 1.66. The van der Waals surface area contributed by atoms with E-state index in [-0.39, 0.29) is 5.91 Å². The standard InChI is InChI=1S/C14H19NO2/c1-12(11-13-7-4-3-5-8-13)14(16)15-9-6-10-17-2/h3-5,7-8,11H,6,9-10H2,1-2H3,(H,15,16)/b12-11-. The number of ether oxygens (including phenoxy) is 1. The number of carbonyl (C=O) groups excluding carboxylic acids is 1. The molecular formula is C14H19NO2. The van der Waals surface area contributed by atoms with Gasteiger partial charge < -0.3 is 10.1 Å². The normalized spacial score (nSPS) is 11.3. The minimum Gasteiger partial charge on any atom is -0.385 e. The van der Waals surface area contributed by atoms with Gasteiger partial charge in [-0.15, -0.1) is 0 Å². The smallest absolute Gasteiger partial charge is 0.246 e. The molecule has 0 aliphatic heterocycles. The molecule has 1 rings (SSSR count). The maximum Gasteiger partial charge on any atom is 0.246 e. The summed E-state index contributed by atoms with van der Waals surface area (Å²) in [6.45, 7) is 3.13. The Labute approximate surface area is 102 Å². The minimum absolute atomic E-state index is 0.0232. The van der Waals surface area contributed by atoms with Crippen LogP contribution in [-0.4, -0.2) is 26.2 Å². The van der Waals surface area contributed by atoms with Gasteiger partial charge >= 0.3 is 0 Å². The van der Waals surface area contributed by atoms with Crippen molar-refractivity contribution < 1.29 is 9.53 Å². The van der Waals surface area contributed by atoms with E-state index in [2.05, 4.69) is 5.32 Å². The SMILES string of the molecule is COCCCNC(=O)/C(C)=C\c1ccccc1. The van der Waals surface area contributed by atoms with Gasteiger partial charge in [-0.2, -0.15) is 0 Å². The zero-order valence-corrected chi connectivity index (χ0v) is 10.4. The van der Waals surface area contributed by atoms with Gasteiger partial charge in [-0.1, -0.05) is 30.3 Å². The van der Waals surface area contributed by atoms with Crippen LogP contribution in [0.1, 0.15) is 18.9 Å². The Morgan fingerprint density at radius 2 is 2.06 bits per heavy atom. The molecule has 0 unspecified atom stereocenters.